The number of amides is 1. The van der Waals surface area contributed by atoms with E-state index in [1.54, 1.807) is 0 Å². The molecule has 2 atom stereocenters. The van der Waals surface area contributed by atoms with E-state index in [-0.39, 0.29) is 5.91 Å². The summed E-state index contributed by atoms with van der Waals surface area (Å²) in [6, 6.07) is 8.84. The Morgan fingerprint density at radius 1 is 1.19 bits per heavy atom. The van der Waals surface area contributed by atoms with Crippen molar-refractivity contribution in [3.8, 4) is 11.4 Å². The average Bonchev–Trinajstić information content (AvgIpc) is 3.20. The summed E-state index contributed by atoms with van der Waals surface area (Å²) in [7, 11) is 0. The highest BCUT2D eigenvalue weighted by Gasteiger charge is 2.35. The fourth-order valence-corrected chi connectivity index (χ4v) is 5.17. The summed E-state index contributed by atoms with van der Waals surface area (Å²) in [4.78, 5) is 19.5. The Labute approximate surface area is 165 Å². The number of carbonyl (C=O) groups excluding carboxylic acids is 1. The molecule has 1 saturated heterocycles. The molecule has 0 spiro atoms. The van der Waals surface area contributed by atoms with Gasteiger partial charge in [0.2, 0.25) is 11.1 Å². The number of thioether (sulfide) groups is 1. The van der Waals surface area contributed by atoms with E-state index in [1.807, 2.05) is 0 Å². The van der Waals surface area contributed by atoms with Gasteiger partial charge in [-0.15, -0.1) is 5.10 Å². The van der Waals surface area contributed by atoms with E-state index in [0.717, 1.165) is 36.7 Å². The van der Waals surface area contributed by atoms with Crippen LogP contribution < -0.4 is 0 Å². The van der Waals surface area contributed by atoms with Gasteiger partial charge in [0.1, 0.15) is 0 Å². The Morgan fingerprint density at radius 2 is 1.96 bits per heavy atom. The van der Waals surface area contributed by atoms with Crippen LogP contribution in [0, 0.1) is 5.92 Å². The Kier molecular flexibility index (Phi) is 5.81. The molecule has 1 aromatic carbocycles. The van der Waals surface area contributed by atoms with E-state index >= 15 is 0 Å². The minimum atomic E-state index is 0.246. The molecule has 0 bridgehead atoms. The number of H-pyrrole nitrogens is 1. The van der Waals surface area contributed by atoms with Crippen molar-refractivity contribution in [3.63, 3.8) is 0 Å². The van der Waals surface area contributed by atoms with E-state index in [0.29, 0.717) is 17.0 Å². The first-order valence-electron chi connectivity index (χ1n) is 10.2. The summed E-state index contributed by atoms with van der Waals surface area (Å²) in [5, 5.41) is 7.94. The summed E-state index contributed by atoms with van der Waals surface area (Å²) in [5.74, 6) is 2.16. The number of hydrogen-bond acceptors (Lipinski definition) is 4. The van der Waals surface area contributed by atoms with Crippen LogP contribution in [0.4, 0.5) is 0 Å². The first-order chi connectivity index (χ1) is 13.2. The number of aryl methyl sites for hydroxylation is 1. The van der Waals surface area contributed by atoms with E-state index in [1.165, 1.54) is 49.4 Å². The van der Waals surface area contributed by atoms with Crippen molar-refractivity contribution in [2.24, 2.45) is 5.92 Å². The molecule has 0 unspecified atom stereocenters. The lowest BCUT2D eigenvalue weighted by atomic mass is 9.78. The van der Waals surface area contributed by atoms with Crippen molar-refractivity contribution in [2.45, 2.75) is 63.1 Å². The summed E-state index contributed by atoms with van der Waals surface area (Å²) >= 11 is 1.44. The molecular formula is C21H28N4OS. The SMILES string of the molecule is CCc1ccc(-c2nc(SCC(=O)N3CCC[C@H]4CCCC[C@H]43)n[nH]2)cc1. The van der Waals surface area contributed by atoms with Crippen molar-refractivity contribution in [1.29, 1.82) is 0 Å². The molecule has 1 aliphatic heterocycles. The summed E-state index contributed by atoms with van der Waals surface area (Å²) in [5.41, 5.74) is 2.33. The third-order valence-electron chi connectivity index (χ3n) is 5.99. The van der Waals surface area contributed by atoms with E-state index in [4.69, 9.17) is 0 Å². The molecule has 2 heterocycles. The lowest BCUT2D eigenvalue weighted by Gasteiger charge is -2.44. The monoisotopic (exact) mass is 384 g/mol. The number of aromatic amines is 1. The van der Waals surface area contributed by atoms with Crippen LogP contribution in [-0.4, -0.2) is 44.3 Å². The Bertz CT molecular complexity index is 771. The molecule has 2 aromatic rings. The second-order valence-electron chi connectivity index (χ2n) is 7.65. The quantitative estimate of drug-likeness (QED) is 0.781. The standard InChI is InChI=1S/C21H28N4OS/c1-2-15-9-11-17(12-10-15)20-22-21(24-23-20)27-14-19(26)25-13-5-7-16-6-3-4-8-18(16)25/h9-12,16,18H,2-8,13-14H2,1H3,(H,22,23,24)/t16-,18-/m1/s1. The number of carbonyl (C=O) groups is 1. The fraction of sp³-hybridized carbons (Fsp3) is 0.571. The highest BCUT2D eigenvalue weighted by Crippen LogP contribution is 2.35. The third kappa shape index (κ3) is 4.21. The maximum absolute atomic E-state index is 12.8. The molecule has 6 heteroatoms. The van der Waals surface area contributed by atoms with Crippen LogP contribution >= 0.6 is 11.8 Å². The van der Waals surface area contributed by atoms with Gasteiger partial charge >= 0.3 is 0 Å². The molecule has 4 rings (SSSR count). The van der Waals surface area contributed by atoms with Gasteiger partial charge in [0, 0.05) is 18.2 Å². The Balaban J connectivity index is 1.35. The van der Waals surface area contributed by atoms with Crippen LogP contribution in [-0.2, 0) is 11.2 Å². The van der Waals surface area contributed by atoms with Gasteiger partial charge in [-0.1, -0.05) is 55.8 Å². The molecule has 2 aliphatic rings. The number of nitrogens with one attached hydrogen (secondary N) is 1. The molecular weight excluding hydrogens is 356 g/mol. The van der Waals surface area contributed by atoms with Gasteiger partial charge in [0.05, 0.1) is 5.75 Å². The number of nitrogens with zero attached hydrogens (tertiary/aromatic N) is 3. The first-order valence-corrected chi connectivity index (χ1v) is 11.2. The molecule has 5 nitrogen and oxygen atoms in total. The molecule has 144 valence electrons. The lowest BCUT2D eigenvalue weighted by molar-refractivity contribution is -0.134. The fourth-order valence-electron chi connectivity index (χ4n) is 4.48. The van der Waals surface area contributed by atoms with Crippen molar-refractivity contribution >= 4 is 17.7 Å². The highest BCUT2D eigenvalue weighted by atomic mass is 32.2. The van der Waals surface area contributed by atoms with Gasteiger partial charge in [-0.3, -0.25) is 9.89 Å². The van der Waals surface area contributed by atoms with Gasteiger partial charge in [-0.05, 0) is 43.6 Å². The van der Waals surface area contributed by atoms with Crippen molar-refractivity contribution in [1.82, 2.24) is 20.1 Å². The van der Waals surface area contributed by atoms with Gasteiger partial charge in [-0.2, -0.15) is 0 Å². The molecule has 0 radical (unpaired) electrons. The molecule has 27 heavy (non-hydrogen) atoms. The molecule has 1 aromatic heterocycles. The second-order valence-corrected chi connectivity index (χ2v) is 8.59. The smallest absolute Gasteiger partial charge is 0.233 e. The molecule has 1 aliphatic carbocycles. The predicted molar refractivity (Wildman–Crippen MR) is 109 cm³/mol. The minimum Gasteiger partial charge on any atom is -0.339 e. The minimum absolute atomic E-state index is 0.246. The first kappa shape index (κ1) is 18.5. The third-order valence-corrected chi connectivity index (χ3v) is 6.82. The van der Waals surface area contributed by atoms with Gasteiger partial charge < -0.3 is 4.90 Å². The zero-order chi connectivity index (χ0) is 18.6. The van der Waals surface area contributed by atoms with Crippen LogP contribution in [0.15, 0.2) is 29.4 Å². The maximum Gasteiger partial charge on any atom is 0.233 e. The number of piperidine rings is 1. The van der Waals surface area contributed by atoms with Crippen LogP contribution in [0.3, 0.4) is 0 Å². The maximum atomic E-state index is 12.8. The average molecular weight is 385 g/mol. The Hall–Kier alpha value is -1.82. The molecule has 1 amide bonds. The van der Waals surface area contributed by atoms with Gasteiger partial charge in [0.15, 0.2) is 5.82 Å². The van der Waals surface area contributed by atoms with Gasteiger partial charge in [-0.25, -0.2) is 4.98 Å². The molecule has 1 N–H and O–H groups in total. The van der Waals surface area contributed by atoms with E-state index in [9.17, 15) is 4.79 Å². The number of likely N-dealkylation sites (tertiary alicyclic amines) is 1. The van der Waals surface area contributed by atoms with E-state index in [2.05, 4.69) is 51.3 Å². The lowest BCUT2D eigenvalue weighted by Crippen LogP contribution is -2.50. The summed E-state index contributed by atoms with van der Waals surface area (Å²) < 4.78 is 0. The van der Waals surface area contributed by atoms with Crippen LogP contribution in [0.1, 0.15) is 51.0 Å². The predicted octanol–water partition coefficient (Wildman–Crippen LogP) is 4.31. The summed E-state index contributed by atoms with van der Waals surface area (Å²) in [6.45, 7) is 3.07. The molecule has 1 saturated carbocycles. The summed E-state index contributed by atoms with van der Waals surface area (Å²) in [6.07, 6.45) is 8.54. The molecule has 2 fully saturated rings. The topological polar surface area (TPSA) is 61.9 Å². The number of hydrogen-bond donors (Lipinski definition) is 1. The Morgan fingerprint density at radius 3 is 2.78 bits per heavy atom. The second kappa shape index (κ2) is 8.46. The number of rotatable bonds is 5. The van der Waals surface area contributed by atoms with Crippen molar-refractivity contribution in [3.05, 3.63) is 29.8 Å². The van der Waals surface area contributed by atoms with E-state index < -0.39 is 0 Å². The number of aromatic nitrogens is 3. The number of fused-ring (bicyclic) bond motifs is 1. The van der Waals surface area contributed by atoms with Crippen molar-refractivity contribution in [2.75, 3.05) is 12.3 Å². The number of benzene rings is 1. The zero-order valence-corrected chi connectivity index (χ0v) is 16.8. The van der Waals surface area contributed by atoms with Crippen molar-refractivity contribution < 1.29 is 4.79 Å². The van der Waals surface area contributed by atoms with Crippen LogP contribution in [0.2, 0.25) is 0 Å². The van der Waals surface area contributed by atoms with Crippen LogP contribution in [0.25, 0.3) is 11.4 Å². The van der Waals surface area contributed by atoms with Crippen LogP contribution in [0.5, 0.6) is 0 Å². The normalized spacial score (nSPS) is 22.5. The largest absolute Gasteiger partial charge is 0.339 e. The zero-order valence-electron chi connectivity index (χ0n) is 16.0. The highest BCUT2D eigenvalue weighted by molar-refractivity contribution is 7.99. The van der Waals surface area contributed by atoms with Gasteiger partial charge in [0.25, 0.3) is 0 Å².